The molecule has 0 aliphatic heterocycles. The van der Waals surface area contributed by atoms with E-state index >= 15 is 0 Å². The van der Waals surface area contributed by atoms with Gasteiger partial charge in [-0.3, -0.25) is 4.79 Å². The van der Waals surface area contributed by atoms with Gasteiger partial charge in [0.25, 0.3) is 5.91 Å². The number of halogens is 1. The summed E-state index contributed by atoms with van der Waals surface area (Å²) in [5.74, 6) is 0.462. The van der Waals surface area contributed by atoms with Gasteiger partial charge in [0.2, 0.25) is 0 Å². The molecule has 1 aromatic heterocycles. The molecule has 6 nitrogen and oxygen atoms in total. The number of anilines is 2. The van der Waals surface area contributed by atoms with Crippen LogP contribution in [-0.2, 0) is 6.54 Å². The molecule has 1 amide bonds. The zero-order chi connectivity index (χ0) is 19.1. The van der Waals surface area contributed by atoms with Crippen LogP contribution < -0.4 is 15.4 Å². The van der Waals surface area contributed by atoms with Crippen molar-refractivity contribution in [1.82, 2.24) is 10.2 Å². The van der Waals surface area contributed by atoms with E-state index in [9.17, 15) is 9.18 Å². The maximum absolute atomic E-state index is 12.9. The first-order valence-corrected chi connectivity index (χ1v) is 8.51. The van der Waals surface area contributed by atoms with Crippen molar-refractivity contribution in [3.8, 4) is 5.75 Å². The number of para-hydroxylation sites is 2. The molecule has 0 saturated carbocycles. The van der Waals surface area contributed by atoms with Crippen LogP contribution in [-0.4, -0.2) is 22.7 Å². The van der Waals surface area contributed by atoms with Gasteiger partial charge in [0.05, 0.1) is 12.3 Å². The number of nitrogens with one attached hydrogen (secondary N) is 2. The van der Waals surface area contributed by atoms with Gasteiger partial charge in [-0.05, 0) is 48.9 Å². The maximum Gasteiger partial charge on any atom is 0.276 e. The second kappa shape index (κ2) is 8.75. The normalized spacial score (nSPS) is 10.3. The van der Waals surface area contributed by atoms with E-state index in [1.54, 1.807) is 36.4 Å². The van der Waals surface area contributed by atoms with Crippen molar-refractivity contribution in [1.29, 1.82) is 0 Å². The third-order valence-electron chi connectivity index (χ3n) is 3.72. The summed E-state index contributed by atoms with van der Waals surface area (Å²) in [4.78, 5) is 12.4. The zero-order valence-electron chi connectivity index (χ0n) is 14.8. The van der Waals surface area contributed by atoms with Crippen LogP contribution in [0.1, 0.15) is 23.0 Å². The summed E-state index contributed by atoms with van der Waals surface area (Å²) in [6, 6.07) is 16.6. The highest BCUT2D eigenvalue weighted by Gasteiger charge is 2.11. The zero-order valence-corrected chi connectivity index (χ0v) is 14.8. The van der Waals surface area contributed by atoms with Crippen molar-refractivity contribution in [2.75, 3.05) is 17.2 Å². The lowest BCUT2D eigenvalue weighted by Gasteiger charge is -2.11. The Morgan fingerprint density at radius 2 is 1.81 bits per heavy atom. The van der Waals surface area contributed by atoms with Gasteiger partial charge >= 0.3 is 0 Å². The van der Waals surface area contributed by atoms with Gasteiger partial charge in [-0.1, -0.05) is 24.3 Å². The van der Waals surface area contributed by atoms with Crippen LogP contribution in [0.2, 0.25) is 0 Å². The maximum atomic E-state index is 12.9. The summed E-state index contributed by atoms with van der Waals surface area (Å²) in [5, 5.41) is 13.8. The number of amides is 1. The summed E-state index contributed by atoms with van der Waals surface area (Å²) in [6.07, 6.45) is 0. The molecule has 0 aliphatic carbocycles. The van der Waals surface area contributed by atoms with Crippen LogP contribution >= 0.6 is 0 Å². The van der Waals surface area contributed by atoms with Crippen molar-refractivity contribution in [2.24, 2.45) is 0 Å². The minimum Gasteiger partial charge on any atom is -0.492 e. The highest BCUT2D eigenvalue weighted by atomic mass is 19.1. The number of benzene rings is 2. The molecule has 2 N–H and O–H groups in total. The molecule has 0 saturated heterocycles. The molecule has 1 heterocycles. The minimum atomic E-state index is -0.375. The molecule has 0 aliphatic rings. The molecule has 0 unspecified atom stereocenters. The fourth-order valence-electron chi connectivity index (χ4n) is 2.38. The highest BCUT2D eigenvalue weighted by Crippen LogP contribution is 2.24. The van der Waals surface area contributed by atoms with Crippen LogP contribution in [0.15, 0.2) is 60.7 Å². The van der Waals surface area contributed by atoms with Crippen LogP contribution in [0.3, 0.4) is 0 Å². The second-order valence-corrected chi connectivity index (χ2v) is 5.67. The molecule has 3 aromatic rings. The van der Waals surface area contributed by atoms with E-state index in [-0.39, 0.29) is 17.4 Å². The van der Waals surface area contributed by atoms with E-state index in [1.165, 1.54) is 12.1 Å². The number of hydrogen-bond donors (Lipinski definition) is 2. The van der Waals surface area contributed by atoms with Crippen LogP contribution in [0.5, 0.6) is 5.75 Å². The minimum absolute atomic E-state index is 0.189. The van der Waals surface area contributed by atoms with Gasteiger partial charge in [0.15, 0.2) is 5.69 Å². The first-order chi connectivity index (χ1) is 13.2. The number of nitrogens with zero attached hydrogens (tertiary/aromatic N) is 2. The largest absolute Gasteiger partial charge is 0.492 e. The lowest BCUT2D eigenvalue weighted by molar-refractivity contribution is 0.102. The Kier molecular flexibility index (Phi) is 5.94. The number of ether oxygens (including phenoxy) is 1. The van der Waals surface area contributed by atoms with Crippen molar-refractivity contribution in [2.45, 2.75) is 13.5 Å². The van der Waals surface area contributed by atoms with E-state index in [1.807, 2.05) is 19.1 Å². The lowest BCUT2D eigenvalue weighted by atomic mass is 10.2. The fourth-order valence-corrected chi connectivity index (χ4v) is 2.38. The second-order valence-electron chi connectivity index (χ2n) is 5.67. The van der Waals surface area contributed by atoms with Crippen LogP contribution in [0.25, 0.3) is 0 Å². The van der Waals surface area contributed by atoms with Crippen LogP contribution in [0, 0.1) is 5.82 Å². The topological polar surface area (TPSA) is 76.1 Å². The van der Waals surface area contributed by atoms with E-state index in [0.29, 0.717) is 30.4 Å². The molecule has 0 radical (unpaired) electrons. The SMILES string of the molecule is CCOc1ccccc1NC(=O)c1ccc(NCc2ccc(F)cc2)nn1. The predicted molar refractivity (Wildman–Crippen MR) is 101 cm³/mol. The molecule has 0 atom stereocenters. The number of carbonyl (C=O) groups excluding carboxylic acids is 1. The number of aromatic nitrogens is 2. The molecule has 27 heavy (non-hydrogen) atoms. The Balaban J connectivity index is 1.61. The van der Waals surface area contributed by atoms with E-state index in [2.05, 4.69) is 20.8 Å². The van der Waals surface area contributed by atoms with E-state index in [0.717, 1.165) is 5.56 Å². The third-order valence-corrected chi connectivity index (χ3v) is 3.72. The van der Waals surface area contributed by atoms with Gasteiger partial charge in [-0.15, -0.1) is 10.2 Å². The van der Waals surface area contributed by atoms with Crippen molar-refractivity contribution in [3.63, 3.8) is 0 Å². The average molecular weight is 366 g/mol. The third kappa shape index (κ3) is 5.01. The Hall–Kier alpha value is -3.48. The molecule has 138 valence electrons. The van der Waals surface area contributed by atoms with Gasteiger partial charge in [0.1, 0.15) is 17.4 Å². The number of rotatable bonds is 7. The highest BCUT2D eigenvalue weighted by molar-refractivity contribution is 6.03. The Bertz CT molecular complexity index is 899. The standard InChI is InChI=1S/C20H19FN4O2/c1-2-27-18-6-4-3-5-16(18)23-20(26)17-11-12-19(25-24-17)22-13-14-7-9-15(21)10-8-14/h3-12H,2,13H2,1H3,(H,22,25)(H,23,26). The molecule has 0 spiro atoms. The summed E-state index contributed by atoms with van der Waals surface area (Å²) in [5.41, 5.74) is 1.67. The van der Waals surface area contributed by atoms with Crippen molar-refractivity contribution >= 4 is 17.4 Å². The summed E-state index contributed by atoms with van der Waals surface area (Å²) < 4.78 is 18.4. The Labute approximate surface area is 156 Å². The molecular weight excluding hydrogens is 347 g/mol. The number of carbonyl (C=O) groups is 1. The molecular formula is C20H19FN4O2. The molecule has 7 heteroatoms. The van der Waals surface area contributed by atoms with Gasteiger partial charge in [0, 0.05) is 6.54 Å². The molecule has 2 aromatic carbocycles. The summed E-state index contributed by atoms with van der Waals surface area (Å²) in [7, 11) is 0. The molecule has 0 bridgehead atoms. The summed E-state index contributed by atoms with van der Waals surface area (Å²) >= 11 is 0. The molecule has 0 fully saturated rings. The lowest BCUT2D eigenvalue weighted by Crippen LogP contribution is -2.15. The Morgan fingerprint density at radius 1 is 1.04 bits per heavy atom. The van der Waals surface area contributed by atoms with E-state index < -0.39 is 0 Å². The van der Waals surface area contributed by atoms with Crippen molar-refractivity contribution < 1.29 is 13.9 Å². The Morgan fingerprint density at radius 3 is 2.52 bits per heavy atom. The van der Waals surface area contributed by atoms with Gasteiger partial charge in [-0.25, -0.2) is 4.39 Å². The quantitative estimate of drug-likeness (QED) is 0.664. The smallest absolute Gasteiger partial charge is 0.276 e. The first-order valence-electron chi connectivity index (χ1n) is 8.51. The summed E-state index contributed by atoms with van der Waals surface area (Å²) in [6.45, 7) is 2.85. The van der Waals surface area contributed by atoms with Crippen LogP contribution in [0.4, 0.5) is 15.9 Å². The first kappa shape index (κ1) is 18.3. The van der Waals surface area contributed by atoms with Gasteiger partial charge < -0.3 is 15.4 Å². The molecule has 3 rings (SSSR count). The monoisotopic (exact) mass is 366 g/mol. The fraction of sp³-hybridized carbons (Fsp3) is 0.150. The van der Waals surface area contributed by atoms with E-state index in [4.69, 9.17) is 4.74 Å². The average Bonchev–Trinajstić information content (AvgIpc) is 2.69. The predicted octanol–water partition coefficient (Wildman–Crippen LogP) is 3.88. The number of hydrogen-bond acceptors (Lipinski definition) is 5. The van der Waals surface area contributed by atoms with Gasteiger partial charge in [-0.2, -0.15) is 0 Å². The van der Waals surface area contributed by atoms with Crippen molar-refractivity contribution in [3.05, 3.63) is 77.7 Å².